The van der Waals surface area contributed by atoms with Gasteiger partial charge in [-0.2, -0.15) is 10.2 Å². The number of non-ortho nitro benzene ring substituents is 1. The number of rotatable bonds is 6. The van der Waals surface area contributed by atoms with Gasteiger partial charge in [0.1, 0.15) is 0 Å². The Morgan fingerprint density at radius 2 is 1.93 bits per heavy atom. The maximum Gasteiger partial charge on any atom is 0.269 e. The van der Waals surface area contributed by atoms with Gasteiger partial charge in [-0.1, -0.05) is 29.8 Å². The van der Waals surface area contributed by atoms with Gasteiger partial charge in [-0.3, -0.25) is 20.2 Å². The third kappa shape index (κ3) is 4.32. The van der Waals surface area contributed by atoms with Crippen LogP contribution in [-0.2, 0) is 6.54 Å². The van der Waals surface area contributed by atoms with E-state index in [4.69, 9.17) is 11.6 Å². The van der Waals surface area contributed by atoms with E-state index in [0.29, 0.717) is 17.3 Å². The van der Waals surface area contributed by atoms with Crippen molar-refractivity contribution in [1.29, 1.82) is 0 Å². The van der Waals surface area contributed by atoms with Gasteiger partial charge in [0.25, 0.3) is 5.69 Å². The first kappa shape index (κ1) is 18.6. The highest BCUT2D eigenvalue weighted by atomic mass is 35.5. The van der Waals surface area contributed by atoms with Crippen molar-refractivity contribution in [3.8, 4) is 0 Å². The Bertz CT molecular complexity index is 996. The second-order valence-corrected chi connectivity index (χ2v) is 6.41. The molecule has 1 N–H and O–H groups in total. The van der Waals surface area contributed by atoms with Gasteiger partial charge < -0.3 is 0 Å². The number of nitrogens with zero attached hydrogens (tertiary/aromatic N) is 4. The molecule has 0 fully saturated rings. The Hall–Kier alpha value is -3.19. The summed E-state index contributed by atoms with van der Waals surface area (Å²) in [6.07, 6.45) is 1.70. The first-order valence-corrected chi connectivity index (χ1v) is 8.64. The van der Waals surface area contributed by atoms with Crippen molar-refractivity contribution in [1.82, 2.24) is 9.78 Å². The normalized spacial score (nSPS) is 11.1. The number of hydrogen-bond acceptors (Lipinski definition) is 5. The lowest BCUT2D eigenvalue weighted by Gasteiger charge is -2.06. The summed E-state index contributed by atoms with van der Waals surface area (Å²) in [4.78, 5) is 10.2. The number of aromatic nitrogens is 2. The quantitative estimate of drug-likeness (QED) is 0.384. The van der Waals surface area contributed by atoms with Gasteiger partial charge in [0.15, 0.2) is 0 Å². The topological polar surface area (TPSA) is 85.3 Å². The Morgan fingerprint density at radius 3 is 2.59 bits per heavy atom. The first-order valence-electron chi connectivity index (χ1n) is 8.26. The molecule has 0 unspecified atom stereocenters. The highest BCUT2D eigenvalue weighted by Crippen LogP contribution is 2.19. The zero-order chi connectivity index (χ0) is 19.4. The predicted molar refractivity (Wildman–Crippen MR) is 107 cm³/mol. The van der Waals surface area contributed by atoms with E-state index < -0.39 is 4.92 Å². The molecule has 0 bridgehead atoms. The molecule has 3 rings (SSSR count). The molecule has 3 aromatic rings. The van der Waals surface area contributed by atoms with Crippen molar-refractivity contribution >= 4 is 29.2 Å². The van der Waals surface area contributed by atoms with E-state index in [0.717, 1.165) is 22.5 Å². The van der Waals surface area contributed by atoms with Crippen LogP contribution in [0, 0.1) is 24.0 Å². The van der Waals surface area contributed by atoms with Crippen LogP contribution >= 0.6 is 11.6 Å². The monoisotopic (exact) mass is 383 g/mol. The number of anilines is 1. The second kappa shape index (κ2) is 8.01. The zero-order valence-corrected chi connectivity index (χ0v) is 15.6. The summed E-state index contributed by atoms with van der Waals surface area (Å²) in [5.41, 5.74) is 7.31. The Labute approximate surface area is 161 Å². The molecule has 0 saturated carbocycles. The first-order chi connectivity index (χ1) is 13.0. The molecule has 8 heteroatoms. The molecular formula is C19H18ClN5O2. The number of hydrazone groups is 1. The van der Waals surface area contributed by atoms with E-state index in [1.165, 1.54) is 12.1 Å². The van der Waals surface area contributed by atoms with Crippen molar-refractivity contribution in [2.45, 2.75) is 20.4 Å². The lowest BCUT2D eigenvalue weighted by molar-refractivity contribution is -0.384. The van der Waals surface area contributed by atoms with E-state index in [2.05, 4.69) is 15.6 Å². The molecule has 7 nitrogen and oxygen atoms in total. The minimum atomic E-state index is -0.437. The van der Waals surface area contributed by atoms with Gasteiger partial charge in [-0.15, -0.1) is 0 Å². The van der Waals surface area contributed by atoms with Crippen LogP contribution in [0.2, 0.25) is 5.02 Å². The van der Waals surface area contributed by atoms with Crippen LogP contribution in [0.15, 0.2) is 53.6 Å². The molecule has 0 radical (unpaired) electrons. The molecule has 138 valence electrons. The third-order valence-corrected chi connectivity index (χ3v) is 4.55. The lowest BCUT2D eigenvalue weighted by atomic mass is 10.2. The van der Waals surface area contributed by atoms with E-state index in [9.17, 15) is 10.1 Å². The van der Waals surface area contributed by atoms with Crippen LogP contribution in [0.25, 0.3) is 0 Å². The van der Waals surface area contributed by atoms with Crippen LogP contribution in [0.4, 0.5) is 11.4 Å². The lowest BCUT2D eigenvalue weighted by Crippen LogP contribution is -2.05. The average Bonchev–Trinajstić information content (AvgIpc) is 2.91. The van der Waals surface area contributed by atoms with E-state index in [1.807, 2.05) is 42.8 Å². The number of nitro groups is 1. The molecule has 0 aliphatic rings. The van der Waals surface area contributed by atoms with Crippen molar-refractivity contribution < 1.29 is 4.92 Å². The van der Waals surface area contributed by atoms with Crippen molar-refractivity contribution in [2.24, 2.45) is 5.10 Å². The smallest absolute Gasteiger partial charge is 0.269 e. The minimum absolute atomic E-state index is 0.0390. The van der Waals surface area contributed by atoms with E-state index in [1.54, 1.807) is 18.3 Å². The molecule has 2 aromatic carbocycles. The van der Waals surface area contributed by atoms with Crippen LogP contribution in [0.1, 0.15) is 22.5 Å². The molecule has 1 heterocycles. The second-order valence-electron chi connectivity index (χ2n) is 6.01. The minimum Gasteiger partial charge on any atom is -0.278 e. The fraction of sp³-hybridized carbons (Fsp3) is 0.158. The summed E-state index contributed by atoms with van der Waals surface area (Å²) >= 11 is 6.24. The maximum atomic E-state index is 10.7. The fourth-order valence-electron chi connectivity index (χ4n) is 2.67. The number of benzene rings is 2. The van der Waals surface area contributed by atoms with Crippen molar-refractivity contribution in [3.05, 3.63) is 86.2 Å². The highest BCUT2D eigenvalue weighted by Gasteiger charge is 2.11. The fourth-order valence-corrected chi connectivity index (χ4v) is 2.86. The molecule has 0 saturated heterocycles. The Kier molecular flexibility index (Phi) is 5.52. The van der Waals surface area contributed by atoms with Gasteiger partial charge in [0, 0.05) is 28.4 Å². The SMILES string of the molecule is Cc1nn(Cc2ccccc2Cl)c(C)c1/C=N/Nc1ccc([N+](=O)[O-])cc1. The molecule has 0 aliphatic carbocycles. The summed E-state index contributed by atoms with van der Waals surface area (Å²) < 4.78 is 1.89. The summed E-state index contributed by atoms with van der Waals surface area (Å²) in [6, 6.07) is 13.7. The molecule has 0 atom stereocenters. The molecule has 0 spiro atoms. The van der Waals surface area contributed by atoms with E-state index in [-0.39, 0.29) is 5.69 Å². The molecule has 0 amide bonds. The summed E-state index contributed by atoms with van der Waals surface area (Å²) in [5.74, 6) is 0. The largest absolute Gasteiger partial charge is 0.278 e. The highest BCUT2D eigenvalue weighted by molar-refractivity contribution is 6.31. The van der Waals surface area contributed by atoms with Crippen molar-refractivity contribution in [2.75, 3.05) is 5.43 Å². The number of hydrogen-bond donors (Lipinski definition) is 1. The van der Waals surface area contributed by atoms with Gasteiger partial charge >= 0.3 is 0 Å². The van der Waals surface area contributed by atoms with Crippen molar-refractivity contribution in [3.63, 3.8) is 0 Å². The van der Waals surface area contributed by atoms with Crippen LogP contribution in [-0.4, -0.2) is 20.9 Å². The molecule has 1 aromatic heterocycles. The molecule has 0 aliphatic heterocycles. The van der Waals surface area contributed by atoms with Gasteiger partial charge in [0.05, 0.1) is 29.1 Å². The predicted octanol–water partition coefficient (Wildman–Crippen LogP) is 4.56. The standard InChI is InChI=1S/C19H18ClN5O2/c1-13-18(11-21-22-16-7-9-17(10-8-16)25(26)27)14(2)24(23-13)12-15-5-3-4-6-19(15)20/h3-11,22H,12H2,1-2H3/b21-11+. The summed E-state index contributed by atoms with van der Waals surface area (Å²) in [6.45, 7) is 4.48. The van der Waals surface area contributed by atoms with E-state index >= 15 is 0 Å². The Morgan fingerprint density at radius 1 is 1.22 bits per heavy atom. The molecule has 27 heavy (non-hydrogen) atoms. The zero-order valence-electron chi connectivity index (χ0n) is 14.9. The van der Waals surface area contributed by atoms with Crippen LogP contribution < -0.4 is 5.43 Å². The number of nitrogens with one attached hydrogen (secondary N) is 1. The summed E-state index contributed by atoms with van der Waals surface area (Å²) in [7, 11) is 0. The summed E-state index contributed by atoms with van der Waals surface area (Å²) in [5, 5.41) is 20.2. The van der Waals surface area contributed by atoms with Crippen LogP contribution in [0.3, 0.4) is 0 Å². The number of nitro benzene ring substituents is 1. The van der Waals surface area contributed by atoms with Crippen LogP contribution in [0.5, 0.6) is 0 Å². The van der Waals surface area contributed by atoms with Gasteiger partial charge in [-0.05, 0) is 37.6 Å². The third-order valence-electron chi connectivity index (χ3n) is 4.18. The number of halogens is 1. The number of aryl methyl sites for hydroxylation is 1. The molecular weight excluding hydrogens is 366 g/mol. The van der Waals surface area contributed by atoms with Gasteiger partial charge in [-0.25, -0.2) is 0 Å². The maximum absolute atomic E-state index is 10.7. The van der Waals surface area contributed by atoms with Gasteiger partial charge in [0.2, 0.25) is 0 Å². The Balaban J connectivity index is 1.73. The average molecular weight is 384 g/mol.